The summed E-state index contributed by atoms with van der Waals surface area (Å²) in [5.41, 5.74) is 3.09. The van der Waals surface area contributed by atoms with Crippen LogP contribution in [0, 0.1) is 0 Å². The lowest BCUT2D eigenvalue weighted by Crippen LogP contribution is -2.13. The molecule has 3 aromatic rings. The second kappa shape index (κ2) is 7.20. The first-order valence-corrected chi connectivity index (χ1v) is 9.08. The van der Waals surface area contributed by atoms with Gasteiger partial charge >= 0.3 is 0 Å². The van der Waals surface area contributed by atoms with Gasteiger partial charge in [0.25, 0.3) is 0 Å². The lowest BCUT2D eigenvalue weighted by molar-refractivity contribution is 0.0853. The van der Waals surface area contributed by atoms with Gasteiger partial charge in [-0.1, -0.05) is 41.9 Å². The Morgan fingerprint density at radius 1 is 1.16 bits per heavy atom. The van der Waals surface area contributed by atoms with Crippen LogP contribution in [0.15, 0.2) is 36.4 Å². The van der Waals surface area contributed by atoms with Crippen molar-refractivity contribution in [3.8, 4) is 0 Å². The van der Waals surface area contributed by atoms with Gasteiger partial charge in [-0.2, -0.15) is 4.98 Å². The molecule has 1 aliphatic rings. The number of nitrogens with zero attached hydrogens (tertiary/aromatic N) is 3. The summed E-state index contributed by atoms with van der Waals surface area (Å²) in [6, 6.07) is 12.2. The number of aromatic nitrogens is 3. The van der Waals surface area contributed by atoms with Crippen molar-refractivity contribution in [2.45, 2.75) is 25.3 Å². The molecule has 1 fully saturated rings. The molecule has 1 N–H and O–H groups in total. The molecular weight excluding hydrogens is 359 g/mol. The molecule has 1 saturated heterocycles. The van der Waals surface area contributed by atoms with E-state index in [1.807, 2.05) is 18.2 Å². The number of nitrogens with one attached hydrogen (secondary N) is 1. The highest BCUT2D eigenvalue weighted by Gasteiger charge is 2.23. The third-order valence-electron chi connectivity index (χ3n) is 4.54. The molecule has 0 atom stereocenters. The zero-order chi connectivity index (χ0) is 17.2. The molecule has 2 aromatic heterocycles. The van der Waals surface area contributed by atoms with Gasteiger partial charge in [-0.25, -0.2) is 4.52 Å². The SMILES string of the molecule is Clc1nc(NCc2ccccc2)c2cc(C3CCOCC3)c(Cl)n2n1. The smallest absolute Gasteiger partial charge is 0.243 e. The third-order valence-corrected chi connectivity index (χ3v) is 5.08. The zero-order valence-corrected chi connectivity index (χ0v) is 15.1. The highest BCUT2D eigenvalue weighted by molar-refractivity contribution is 6.31. The van der Waals surface area contributed by atoms with E-state index in [2.05, 4.69) is 33.6 Å². The van der Waals surface area contributed by atoms with Gasteiger partial charge in [0.2, 0.25) is 5.28 Å². The van der Waals surface area contributed by atoms with E-state index < -0.39 is 0 Å². The van der Waals surface area contributed by atoms with Crippen LogP contribution in [0.4, 0.5) is 5.82 Å². The van der Waals surface area contributed by atoms with Crippen molar-refractivity contribution < 1.29 is 4.74 Å². The normalized spacial score (nSPS) is 15.6. The van der Waals surface area contributed by atoms with Gasteiger partial charge in [0.05, 0.1) is 0 Å². The van der Waals surface area contributed by atoms with Crippen molar-refractivity contribution >= 4 is 34.5 Å². The summed E-state index contributed by atoms with van der Waals surface area (Å²) in [4.78, 5) is 4.36. The number of rotatable bonds is 4. The van der Waals surface area contributed by atoms with Gasteiger partial charge in [-0.15, -0.1) is 5.10 Å². The molecular formula is C18H18Cl2N4O. The van der Waals surface area contributed by atoms with Crippen molar-refractivity contribution in [2.24, 2.45) is 0 Å². The van der Waals surface area contributed by atoms with Gasteiger partial charge in [0, 0.05) is 19.8 Å². The van der Waals surface area contributed by atoms with E-state index in [0.29, 0.717) is 23.4 Å². The summed E-state index contributed by atoms with van der Waals surface area (Å²) in [5.74, 6) is 1.06. The first-order valence-electron chi connectivity index (χ1n) is 8.32. The number of hydrogen-bond acceptors (Lipinski definition) is 4. The summed E-state index contributed by atoms with van der Waals surface area (Å²) in [6.45, 7) is 2.18. The number of ether oxygens (including phenoxy) is 1. The van der Waals surface area contributed by atoms with Crippen molar-refractivity contribution in [3.05, 3.63) is 58.0 Å². The van der Waals surface area contributed by atoms with Crippen molar-refractivity contribution in [3.63, 3.8) is 0 Å². The molecule has 0 radical (unpaired) electrons. The maximum absolute atomic E-state index is 6.60. The van der Waals surface area contributed by atoms with Gasteiger partial charge in [0.15, 0.2) is 5.82 Å². The van der Waals surface area contributed by atoms with Crippen LogP contribution in [0.3, 0.4) is 0 Å². The van der Waals surface area contributed by atoms with Crippen molar-refractivity contribution in [1.82, 2.24) is 14.6 Å². The van der Waals surface area contributed by atoms with Gasteiger partial charge in [-0.05, 0) is 47.6 Å². The van der Waals surface area contributed by atoms with Crippen molar-refractivity contribution in [2.75, 3.05) is 18.5 Å². The van der Waals surface area contributed by atoms with E-state index in [0.717, 1.165) is 42.7 Å². The summed E-state index contributed by atoms with van der Waals surface area (Å²) >= 11 is 12.7. The lowest BCUT2D eigenvalue weighted by Gasteiger charge is -2.21. The minimum atomic E-state index is 0.166. The molecule has 7 heteroatoms. The molecule has 1 aliphatic heterocycles. The topological polar surface area (TPSA) is 51.5 Å². The fraction of sp³-hybridized carbons (Fsp3) is 0.333. The van der Waals surface area contributed by atoms with Crippen LogP contribution in [0.1, 0.15) is 29.9 Å². The van der Waals surface area contributed by atoms with Gasteiger partial charge in [-0.3, -0.25) is 0 Å². The second-order valence-corrected chi connectivity index (χ2v) is 6.84. The molecule has 130 valence electrons. The maximum atomic E-state index is 6.60. The average Bonchev–Trinajstić information content (AvgIpc) is 2.98. The summed E-state index contributed by atoms with van der Waals surface area (Å²) in [6.07, 6.45) is 1.93. The zero-order valence-electron chi connectivity index (χ0n) is 13.6. The number of hydrogen-bond donors (Lipinski definition) is 1. The molecule has 0 spiro atoms. The van der Waals surface area contributed by atoms with Crippen LogP contribution < -0.4 is 5.32 Å². The Morgan fingerprint density at radius 2 is 1.92 bits per heavy atom. The fourth-order valence-electron chi connectivity index (χ4n) is 3.22. The molecule has 0 saturated carbocycles. The van der Waals surface area contributed by atoms with Crippen LogP contribution in [0.2, 0.25) is 10.4 Å². The monoisotopic (exact) mass is 376 g/mol. The van der Waals surface area contributed by atoms with Crippen LogP contribution in [-0.2, 0) is 11.3 Å². The summed E-state index contributed by atoms with van der Waals surface area (Å²) < 4.78 is 7.13. The van der Waals surface area contributed by atoms with Gasteiger partial charge < -0.3 is 10.1 Å². The third kappa shape index (κ3) is 3.45. The molecule has 0 unspecified atom stereocenters. The number of fused-ring (bicyclic) bond motifs is 1. The standard InChI is InChI=1S/C18H18Cl2N4O/c19-16-14(13-6-8-25-9-7-13)10-15-17(22-18(20)23-24(15)16)21-11-12-4-2-1-3-5-12/h1-5,10,13H,6-9,11H2,(H,21,22,23). The molecule has 1 aromatic carbocycles. The molecule has 0 bridgehead atoms. The van der Waals surface area contributed by atoms with E-state index in [1.54, 1.807) is 4.52 Å². The highest BCUT2D eigenvalue weighted by Crippen LogP contribution is 2.36. The van der Waals surface area contributed by atoms with E-state index in [4.69, 9.17) is 27.9 Å². The lowest BCUT2D eigenvalue weighted by atomic mass is 9.94. The summed E-state index contributed by atoms with van der Waals surface area (Å²) in [5, 5.41) is 8.39. The van der Waals surface area contributed by atoms with E-state index in [1.165, 1.54) is 0 Å². The predicted octanol–water partition coefficient (Wildman–Crippen LogP) is 4.54. The Morgan fingerprint density at radius 3 is 2.68 bits per heavy atom. The Hall–Kier alpha value is -1.82. The molecule has 0 aliphatic carbocycles. The Kier molecular flexibility index (Phi) is 4.79. The molecule has 0 amide bonds. The Labute approximate surface area is 155 Å². The molecule has 25 heavy (non-hydrogen) atoms. The van der Waals surface area contributed by atoms with Crippen LogP contribution in [-0.4, -0.2) is 27.8 Å². The average molecular weight is 377 g/mol. The first kappa shape index (κ1) is 16.6. The van der Waals surface area contributed by atoms with E-state index in [9.17, 15) is 0 Å². The Bertz CT molecular complexity index is 876. The fourth-order valence-corrected chi connectivity index (χ4v) is 3.72. The number of anilines is 1. The number of halogens is 2. The van der Waals surface area contributed by atoms with E-state index in [-0.39, 0.29) is 5.28 Å². The van der Waals surface area contributed by atoms with E-state index >= 15 is 0 Å². The first-order chi connectivity index (χ1) is 12.2. The molecule has 4 rings (SSSR count). The molecule has 5 nitrogen and oxygen atoms in total. The maximum Gasteiger partial charge on any atom is 0.243 e. The minimum Gasteiger partial charge on any atom is -0.381 e. The molecule has 3 heterocycles. The van der Waals surface area contributed by atoms with Gasteiger partial charge in [0.1, 0.15) is 10.7 Å². The largest absolute Gasteiger partial charge is 0.381 e. The van der Waals surface area contributed by atoms with Crippen LogP contribution >= 0.6 is 23.2 Å². The quantitative estimate of drug-likeness (QED) is 0.725. The van der Waals surface area contributed by atoms with Crippen LogP contribution in [0.5, 0.6) is 0 Å². The second-order valence-electron chi connectivity index (χ2n) is 6.14. The highest BCUT2D eigenvalue weighted by atomic mass is 35.5. The Balaban J connectivity index is 1.68. The van der Waals surface area contributed by atoms with Crippen LogP contribution in [0.25, 0.3) is 5.52 Å². The minimum absolute atomic E-state index is 0.166. The number of benzene rings is 1. The van der Waals surface area contributed by atoms with Crippen molar-refractivity contribution in [1.29, 1.82) is 0 Å². The predicted molar refractivity (Wildman–Crippen MR) is 99.6 cm³/mol. The summed E-state index contributed by atoms with van der Waals surface area (Å²) in [7, 11) is 0.